The monoisotopic (exact) mass is 1070 g/mol. The van der Waals surface area contributed by atoms with Crippen molar-refractivity contribution in [3.05, 3.63) is 83.9 Å². The van der Waals surface area contributed by atoms with Gasteiger partial charge in [-0.15, -0.1) is 0 Å². The second-order valence-electron chi connectivity index (χ2n) is 19.3. The Balaban J connectivity index is 1.33. The number of rotatable bonds is 13. The minimum absolute atomic E-state index is 0.0508. The second-order valence-corrected chi connectivity index (χ2v) is 19.3. The Kier molecular flexibility index (Phi) is 19.7. The first-order valence-corrected chi connectivity index (χ1v) is 24.9. The number of fused-ring (bicyclic) bond motifs is 2. The van der Waals surface area contributed by atoms with Crippen LogP contribution in [0.2, 0.25) is 0 Å². The normalized spacial score (nSPS) is 28.8. The third kappa shape index (κ3) is 14.1. The summed E-state index contributed by atoms with van der Waals surface area (Å²) in [6.45, 7) is 5.26. The van der Waals surface area contributed by atoms with Gasteiger partial charge in [-0.1, -0.05) is 32.4 Å². The molecule has 25 heteroatoms. The van der Waals surface area contributed by atoms with Crippen molar-refractivity contribution in [1.29, 1.82) is 0 Å². The molecule has 3 fully saturated rings. The molecule has 7 amide bonds. The maximum atomic E-state index is 14.4. The molecule has 3 saturated heterocycles. The van der Waals surface area contributed by atoms with Crippen molar-refractivity contribution in [3.63, 3.8) is 0 Å². The summed E-state index contributed by atoms with van der Waals surface area (Å²) in [5, 5.41) is 111. The van der Waals surface area contributed by atoms with Crippen molar-refractivity contribution < 1.29 is 89.0 Å². The van der Waals surface area contributed by atoms with Crippen LogP contribution in [0.4, 0.5) is 0 Å². The third-order valence-electron chi connectivity index (χ3n) is 13.4. The van der Waals surface area contributed by atoms with E-state index < -0.39 is 152 Å². The summed E-state index contributed by atoms with van der Waals surface area (Å²) in [6.07, 6.45) is -15.0. The van der Waals surface area contributed by atoms with Crippen molar-refractivity contribution in [2.24, 2.45) is 5.92 Å². The lowest BCUT2D eigenvalue weighted by atomic mass is 9.96. The predicted molar refractivity (Wildman–Crippen MR) is 264 cm³/mol. The van der Waals surface area contributed by atoms with Crippen molar-refractivity contribution in [3.8, 4) is 23.0 Å². The summed E-state index contributed by atoms with van der Waals surface area (Å²) < 4.78 is 11.6. The Labute approximate surface area is 436 Å². The standard InChI is InChI=1S/C51H67N7O18/c1-5-6-19-75-31-15-17-33(18-16-31)76-32-13-9-28(10-14-32)44(67)52-34-21-36(63)47(70)56-49(72)40-41(64)24(2)22-58(40)51(74)38(26(4)60)54-48(71)39(43(66)42(65)27-7-11-29(61)12-8-27)55-46(69)35-20-30(62)23-57(35)50(73)37(25(3)59)53-45(34)68/h7-18,24-26,30,34-43,47,59-66,70H,5-6,19-23H2,1-4H3,(H,52,67)(H,53,68)(H,54,71)(H,55,69)(H,56,72)/t24-,25+,26+,30+,34-,35-,36+,37-,38-,39-,40-,41-,42-,43-,47-/m0/s1. The smallest absolute Gasteiger partial charge is 0.251 e. The van der Waals surface area contributed by atoms with Gasteiger partial charge in [0.1, 0.15) is 77.6 Å². The summed E-state index contributed by atoms with van der Waals surface area (Å²) in [4.78, 5) is 101. The Hall–Kier alpha value is -6.97. The molecule has 0 bridgehead atoms. The van der Waals surface area contributed by atoms with Gasteiger partial charge in [0, 0.05) is 37.4 Å². The van der Waals surface area contributed by atoms with Crippen LogP contribution in [0.25, 0.3) is 0 Å². The number of hydrogen-bond donors (Lipinski definition) is 14. The molecular formula is C51H67N7O18. The second kappa shape index (κ2) is 25.7. The molecule has 3 heterocycles. The molecule has 6 rings (SSSR count). The fourth-order valence-corrected chi connectivity index (χ4v) is 9.01. The first-order chi connectivity index (χ1) is 36.0. The highest BCUT2D eigenvalue weighted by atomic mass is 16.5. The summed E-state index contributed by atoms with van der Waals surface area (Å²) >= 11 is 0. The molecule has 0 aromatic heterocycles. The number of benzene rings is 3. The zero-order chi connectivity index (χ0) is 55.7. The number of aromatic hydroxyl groups is 1. The number of carbonyl (C=O) groups is 7. The van der Waals surface area contributed by atoms with Crippen molar-refractivity contribution in [1.82, 2.24) is 36.4 Å². The van der Waals surface area contributed by atoms with E-state index in [2.05, 4.69) is 26.6 Å². The van der Waals surface area contributed by atoms with Crippen molar-refractivity contribution >= 4 is 41.4 Å². The molecule has 0 saturated carbocycles. The minimum Gasteiger partial charge on any atom is -0.508 e. The molecule has 0 spiro atoms. The highest BCUT2D eigenvalue weighted by Gasteiger charge is 2.50. The van der Waals surface area contributed by atoms with Gasteiger partial charge in [0.25, 0.3) is 5.91 Å². The lowest BCUT2D eigenvalue weighted by Gasteiger charge is -2.34. The van der Waals surface area contributed by atoms with Crippen LogP contribution in [-0.4, -0.2) is 196 Å². The first kappa shape index (κ1) is 58.3. The van der Waals surface area contributed by atoms with E-state index in [1.54, 1.807) is 24.3 Å². The molecular weight excluding hydrogens is 999 g/mol. The number of nitrogens with zero attached hydrogens (tertiary/aromatic N) is 2. The van der Waals surface area contributed by atoms with Crippen molar-refractivity contribution in [2.75, 3.05) is 19.7 Å². The van der Waals surface area contributed by atoms with Gasteiger partial charge < -0.3 is 91.8 Å². The molecule has 15 atom stereocenters. The summed E-state index contributed by atoms with van der Waals surface area (Å²) in [7, 11) is 0. The van der Waals surface area contributed by atoms with E-state index in [-0.39, 0.29) is 23.4 Å². The molecule has 3 aliphatic rings. The number of phenolic OH excluding ortho intramolecular Hbond substituents is 1. The average Bonchev–Trinajstić information content (AvgIpc) is 3.93. The van der Waals surface area contributed by atoms with Gasteiger partial charge in [-0.05, 0) is 86.5 Å². The molecule has 0 radical (unpaired) electrons. The lowest BCUT2D eigenvalue weighted by Crippen LogP contribution is -2.64. The van der Waals surface area contributed by atoms with E-state index in [4.69, 9.17) is 9.47 Å². The van der Waals surface area contributed by atoms with Gasteiger partial charge in [-0.25, -0.2) is 0 Å². The van der Waals surface area contributed by atoms with E-state index in [0.29, 0.717) is 23.9 Å². The summed E-state index contributed by atoms with van der Waals surface area (Å²) in [5.74, 6) is -8.14. The fraction of sp³-hybridized carbons (Fsp3) is 0.510. The Bertz CT molecular complexity index is 2520. The lowest BCUT2D eigenvalue weighted by molar-refractivity contribution is -0.148. The van der Waals surface area contributed by atoms with E-state index in [1.807, 2.05) is 6.92 Å². The van der Waals surface area contributed by atoms with Crippen LogP contribution >= 0.6 is 0 Å². The SMILES string of the molecule is CCCCOc1ccc(Oc2ccc(C(=O)N[C@H]3C[C@@H](O)[C@H](O)NC(=O)[C@@H]4[C@@H](O)[C@@H](C)CN4C(=O)[C@H]([C@@H](C)O)NC(=O)[C@H]([C@H](O)[C@@H](O)c4ccc(O)cc4)NC(=O)[C@@H]4C[C@@H](O)CN4C(=O)[C@H]([C@@H](C)O)NC3=O)cc2)cc1. The number of amides is 7. The van der Waals surface area contributed by atoms with Gasteiger partial charge in [-0.2, -0.15) is 0 Å². The Morgan fingerprint density at radius 3 is 1.83 bits per heavy atom. The molecule has 76 heavy (non-hydrogen) atoms. The van der Waals surface area contributed by atoms with Crippen LogP contribution < -0.4 is 36.1 Å². The molecule has 14 N–H and O–H groups in total. The van der Waals surface area contributed by atoms with Gasteiger partial charge in [-0.3, -0.25) is 33.6 Å². The molecule has 3 aromatic rings. The number of carbonyl (C=O) groups excluding carboxylic acids is 7. The molecule has 25 nitrogen and oxygen atoms in total. The maximum absolute atomic E-state index is 14.4. The first-order valence-electron chi connectivity index (χ1n) is 24.9. The van der Waals surface area contributed by atoms with Crippen LogP contribution in [0.5, 0.6) is 23.0 Å². The van der Waals surface area contributed by atoms with Crippen LogP contribution in [0.15, 0.2) is 72.8 Å². The highest BCUT2D eigenvalue weighted by molar-refractivity contribution is 6.00. The third-order valence-corrected chi connectivity index (χ3v) is 13.4. The van der Waals surface area contributed by atoms with Crippen LogP contribution in [0.3, 0.4) is 0 Å². The molecule has 3 aromatic carbocycles. The van der Waals surface area contributed by atoms with Crippen LogP contribution in [0.1, 0.15) is 75.4 Å². The van der Waals surface area contributed by atoms with E-state index in [9.17, 15) is 79.5 Å². The number of aliphatic hydroxyl groups is 8. The van der Waals surface area contributed by atoms with E-state index in [0.717, 1.165) is 48.6 Å². The largest absolute Gasteiger partial charge is 0.508 e. The van der Waals surface area contributed by atoms with E-state index in [1.165, 1.54) is 43.3 Å². The minimum atomic E-state index is -2.30. The number of nitrogens with one attached hydrogen (secondary N) is 5. The molecule has 0 aliphatic carbocycles. The van der Waals surface area contributed by atoms with Gasteiger partial charge in [0.2, 0.25) is 35.4 Å². The highest BCUT2D eigenvalue weighted by Crippen LogP contribution is 2.29. The maximum Gasteiger partial charge on any atom is 0.251 e. The number of phenols is 1. The van der Waals surface area contributed by atoms with E-state index >= 15 is 0 Å². The fourth-order valence-electron chi connectivity index (χ4n) is 9.01. The summed E-state index contributed by atoms with van der Waals surface area (Å²) in [6, 6.07) is 5.43. The average molecular weight is 1070 g/mol. The molecule has 3 aliphatic heterocycles. The van der Waals surface area contributed by atoms with Gasteiger partial charge >= 0.3 is 0 Å². The predicted octanol–water partition coefficient (Wildman–Crippen LogP) is -2.86. The van der Waals surface area contributed by atoms with Crippen LogP contribution in [0, 0.1) is 5.92 Å². The zero-order valence-corrected chi connectivity index (χ0v) is 42.1. The Morgan fingerprint density at radius 2 is 1.24 bits per heavy atom. The van der Waals surface area contributed by atoms with Crippen LogP contribution in [-0.2, 0) is 28.8 Å². The molecule has 414 valence electrons. The van der Waals surface area contributed by atoms with Gasteiger partial charge in [0.15, 0.2) is 6.23 Å². The number of ether oxygens (including phenoxy) is 2. The van der Waals surface area contributed by atoms with Crippen molar-refractivity contribution in [2.45, 2.75) is 139 Å². The zero-order valence-electron chi connectivity index (χ0n) is 42.1. The Morgan fingerprint density at radius 1 is 0.684 bits per heavy atom. The number of hydrogen-bond acceptors (Lipinski definition) is 18. The quantitative estimate of drug-likeness (QED) is 0.0766. The number of aliphatic hydroxyl groups excluding tert-OH is 8. The number of unbranched alkanes of at least 4 members (excludes halogenated alkanes) is 1. The van der Waals surface area contributed by atoms with Gasteiger partial charge in [0.05, 0.1) is 31.0 Å². The molecule has 0 unspecified atom stereocenters. The topological polar surface area (TPSA) is 387 Å². The summed E-state index contributed by atoms with van der Waals surface area (Å²) in [5.41, 5.74) is -0.128.